The molecule has 100 valence electrons. The number of nitrogens with one attached hydrogen (secondary N) is 1. The summed E-state index contributed by atoms with van der Waals surface area (Å²) in [6.07, 6.45) is 5.45. The minimum absolute atomic E-state index is 0.723. The molecule has 0 spiro atoms. The molecule has 0 radical (unpaired) electrons. The topological polar surface area (TPSA) is 33.1 Å². The van der Waals surface area contributed by atoms with Crippen LogP contribution in [0.2, 0.25) is 0 Å². The second kappa shape index (κ2) is 5.02. The maximum absolute atomic E-state index is 4.44. The molecule has 1 N–H and O–H groups in total. The van der Waals surface area contributed by atoms with E-state index in [0.29, 0.717) is 0 Å². The number of rotatable bonds is 5. The van der Waals surface area contributed by atoms with Gasteiger partial charge in [0.2, 0.25) is 0 Å². The molecule has 0 amide bonds. The summed E-state index contributed by atoms with van der Waals surface area (Å²) >= 11 is 0. The Morgan fingerprint density at radius 2 is 2.22 bits per heavy atom. The Balaban J connectivity index is 1.58. The summed E-state index contributed by atoms with van der Waals surface area (Å²) < 4.78 is 2.03. The van der Waals surface area contributed by atoms with Gasteiger partial charge in [-0.25, -0.2) is 0 Å². The van der Waals surface area contributed by atoms with Crippen molar-refractivity contribution in [2.24, 2.45) is 7.05 Å². The molecular formula is C14H24N4. The molecule has 1 atom stereocenters. The maximum Gasteiger partial charge on any atom is 0.0597 e. The highest BCUT2D eigenvalue weighted by Gasteiger charge is 2.28. The average Bonchev–Trinajstić information content (AvgIpc) is 2.97. The molecule has 18 heavy (non-hydrogen) atoms. The standard InChI is InChI=1S/C14H24N4/c1-11-8-14(17(2)16-11)10-18-7-3-4-13(18)9-15-12-5-6-12/h8,12-13,15H,3-7,9-10H2,1-2H3. The van der Waals surface area contributed by atoms with Gasteiger partial charge < -0.3 is 5.32 Å². The van der Waals surface area contributed by atoms with Crippen LogP contribution in [0.1, 0.15) is 37.1 Å². The normalized spacial score (nSPS) is 24.9. The molecule has 4 heteroatoms. The number of hydrogen-bond acceptors (Lipinski definition) is 3. The molecule has 3 rings (SSSR count). The number of aryl methyl sites for hydroxylation is 2. The summed E-state index contributed by atoms with van der Waals surface area (Å²) in [6, 6.07) is 3.76. The van der Waals surface area contributed by atoms with Gasteiger partial charge in [-0.3, -0.25) is 9.58 Å². The highest BCUT2D eigenvalue weighted by molar-refractivity contribution is 5.09. The number of hydrogen-bond donors (Lipinski definition) is 1. The Morgan fingerprint density at radius 1 is 1.39 bits per heavy atom. The fourth-order valence-corrected chi connectivity index (χ4v) is 2.94. The zero-order valence-electron chi connectivity index (χ0n) is 11.5. The van der Waals surface area contributed by atoms with Crippen molar-refractivity contribution in [3.8, 4) is 0 Å². The van der Waals surface area contributed by atoms with Crippen molar-refractivity contribution in [1.82, 2.24) is 20.0 Å². The highest BCUT2D eigenvalue weighted by atomic mass is 15.3. The predicted molar refractivity (Wildman–Crippen MR) is 72.4 cm³/mol. The SMILES string of the molecule is Cc1cc(CN2CCCC2CNC2CC2)n(C)n1. The number of nitrogens with zero attached hydrogens (tertiary/aromatic N) is 3. The third-order valence-corrected chi connectivity index (χ3v) is 4.18. The quantitative estimate of drug-likeness (QED) is 0.856. The van der Waals surface area contributed by atoms with E-state index in [1.165, 1.54) is 44.5 Å². The van der Waals surface area contributed by atoms with E-state index in [4.69, 9.17) is 0 Å². The van der Waals surface area contributed by atoms with Crippen molar-refractivity contribution in [2.75, 3.05) is 13.1 Å². The third kappa shape index (κ3) is 2.75. The van der Waals surface area contributed by atoms with Crippen LogP contribution in [0.5, 0.6) is 0 Å². The fourth-order valence-electron chi connectivity index (χ4n) is 2.94. The lowest BCUT2D eigenvalue weighted by Crippen LogP contribution is -2.38. The van der Waals surface area contributed by atoms with Crippen LogP contribution in [0, 0.1) is 6.92 Å². The third-order valence-electron chi connectivity index (χ3n) is 4.18. The Morgan fingerprint density at radius 3 is 2.89 bits per heavy atom. The van der Waals surface area contributed by atoms with Gasteiger partial charge in [0.1, 0.15) is 0 Å². The highest BCUT2D eigenvalue weighted by Crippen LogP contribution is 2.22. The number of aromatic nitrogens is 2. The van der Waals surface area contributed by atoms with Crippen LogP contribution in [-0.2, 0) is 13.6 Å². The molecule has 0 aromatic carbocycles. The van der Waals surface area contributed by atoms with E-state index in [-0.39, 0.29) is 0 Å². The second-order valence-corrected chi connectivity index (χ2v) is 5.85. The van der Waals surface area contributed by atoms with Crippen molar-refractivity contribution in [1.29, 1.82) is 0 Å². The van der Waals surface area contributed by atoms with Crippen LogP contribution in [0.25, 0.3) is 0 Å². The van der Waals surface area contributed by atoms with Crippen molar-refractivity contribution in [2.45, 2.75) is 51.2 Å². The minimum Gasteiger partial charge on any atom is -0.312 e. The van der Waals surface area contributed by atoms with Crippen LogP contribution in [0.3, 0.4) is 0 Å². The van der Waals surface area contributed by atoms with Gasteiger partial charge in [0.25, 0.3) is 0 Å². The van der Waals surface area contributed by atoms with Gasteiger partial charge in [-0.15, -0.1) is 0 Å². The van der Waals surface area contributed by atoms with Gasteiger partial charge in [0.05, 0.1) is 11.4 Å². The lowest BCUT2D eigenvalue weighted by molar-refractivity contribution is 0.233. The molecule has 1 saturated carbocycles. The van der Waals surface area contributed by atoms with E-state index in [0.717, 1.165) is 24.3 Å². The van der Waals surface area contributed by atoms with Gasteiger partial charge in [-0.2, -0.15) is 5.10 Å². The molecule has 1 unspecified atom stereocenters. The average molecular weight is 248 g/mol. The van der Waals surface area contributed by atoms with E-state index in [1.54, 1.807) is 0 Å². The second-order valence-electron chi connectivity index (χ2n) is 5.85. The van der Waals surface area contributed by atoms with Gasteiger partial charge >= 0.3 is 0 Å². The van der Waals surface area contributed by atoms with E-state index < -0.39 is 0 Å². The summed E-state index contributed by atoms with van der Waals surface area (Å²) in [5.41, 5.74) is 2.46. The van der Waals surface area contributed by atoms with Crippen LogP contribution < -0.4 is 5.32 Å². The molecule has 2 fully saturated rings. The summed E-state index contributed by atoms with van der Waals surface area (Å²) in [6.45, 7) is 5.52. The summed E-state index contributed by atoms with van der Waals surface area (Å²) in [4.78, 5) is 2.62. The van der Waals surface area contributed by atoms with Gasteiger partial charge in [-0.05, 0) is 45.2 Å². The van der Waals surface area contributed by atoms with Crippen molar-refractivity contribution >= 4 is 0 Å². The van der Waals surface area contributed by atoms with Crippen molar-refractivity contribution in [3.05, 3.63) is 17.5 Å². The summed E-state index contributed by atoms with van der Waals surface area (Å²) in [5.74, 6) is 0. The monoisotopic (exact) mass is 248 g/mol. The van der Waals surface area contributed by atoms with Gasteiger partial charge in [0.15, 0.2) is 0 Å². The molecule has 1 saturated heterocycles. The maximum atomic E-state index is 4.44. The Labute approximate surface area is 109 Å². The minimum atomic E-state index is 0.723. The van der Waals surface area contributed by atoms with E-state index in [2.05, 4.69) is 35.4 Å². The molecule has 2 aliphatic rings. The first-order valence-electron chi connectivity index (χ1n) is 7.19. The Bertz CT molecular complexity index is 408. The predicted octanol–water partition coefficient (Wildman–Crippen LogP) is 1.44. The van der Waals surface area contributed by atoms with E-state index >= 15 is 0 Å². The summed E-state index contributed by atoms with van der Waals surface area (Å²) in [7, 11) is 2.05. The lowest BCUT2D eigenvalue weighted by atomic mass is 10.2. The first-order valence-corrected chi connectivity index (χ1v) is 7.19. The molecule has 1 aromatic heterocycles. The van der Waals surface area contributed by atoms with Crippen LogP contribution in [0.4, 0.5) is 0 Å². The zero-order valence-corrected chi connectivity index (χ0v) is 11.5. The van der Waals surface area contributed by atoms with Crippen molar-refractivity contribution < 1.29 is 0 Å². The fraction of sp³-hybridized carbons (Fsp3) is 0.786. The first kappa shape index (κ1) is 12.2. The Kier molecular flexibility index (Phi) is 3.39. The Hall–Kier alpha value is -0.870. The molecular weight excluding hydrogens is 224 g/mol. The molecule has 4 nitrogen and oxygen atoms in total. The van der Waals surface area contributed by atoms with Gasteiger partial charge in [-0.1, -0.05) is 0 Å². The van der Waals surface area contributed by atoms with E-state index in [9.17, 15) is 0 Å². The van der Waals surface area contributed by atoms with Gasteiger partial charge in [0, 0.05) is 32.2 Å². The zero-order chi connectivity index (χ0) is 12.5. The largest absolute Gasteiger partial charge is 0.312 e. The van der Waals surface area contributed by atoms with Crippen molar-refractivity contribution in [3.63, 3.8) is 0 Å². The van der Waals surface area contributed by atoms with E-state index in [1.807, 2.05) is 4.68 Å². The molecule has 1 aromatic rings. The first-order chi connectivity index (χ1) is 8.72. The number of likely N-dealkylation sites (tertiary alicyclic amines) is 1. The lowest BCUT2D eigenvalue weighted by Gasteiger charge is -2.24. The van der Waals surface area contributed by atoms with Crippen LogP contribution in [-0.4, -0.2) is 39.9 Å². The molecule has 1 aliphatic heterocycles. The molecule has 0 bridgehead atoms. The molecule has 2 heterocycles. The van der Waals surface area contributed by atoms with Crippen LogP contribution >= 0.6 is 0 Å². The van der Waals surface area contributed by atoms with Crippen LogP contribution in [0.15, 0.2) is 6.07 Å². The summed E-state index contributed by atoms with van der Waals surface area (Å²) in [5, 5.41) is 8.11. The smallest absolute Gasteiger partial charge is 0.0597 e. The molecule has 1 aliphatic carbocycles.